The van der Waals surface area contributed by atoms with Gasteiger partial charge in [-0.2, -0.15) is 0 Å². The van der Waals surface area contributed by atoms with Crippen LogP contribution in [0.2, 0.25) is 0 Å². The van der Waals surface area contributed by atoms with E-state index in [4.69, 9.17) is 0 Å². The number of hydrogen-bond donors (Lipinski definition) is 1. The lowest BCUT2D eigenvalue weighted by molar-refractivity contribution is -0.121. The molecule has 0 aliphatic carbocycles. The van der Waals surface area contributed by atoms with Gasteiger partial charge in [-0.1, -0.05) is 30.7 Å². The second kappa shape index (κ2) is 10.9. The molecule has 0 aromatic heterocycles. The molecule has 160 valence electrons. The highest BCUT2D eigenvalue weighted by Gasteiger charge is 2.18. The Morgan fingerprint density at radius 1 is 0.967 bits per heavy atom. The standard InChI is InChI=1S/C24H30FN3O2/c1-2-28(18-23(29)26-16-19-8-12-22(25)13-9-19)24(30)21-10-6-20(7-11-21)17-27-14-4-3-5-15-27/h6-13H,2-5,14-18H2,1H3,(H,26,29). The zero-order chi connectivity index (χ0) is 21.3. The van der Waals surface area contributed by atoms with E-state index < -0.39 is 0 Å². The van der Waals surface area contributed by atoms with E-state index in [9.17, 15) is 14.0 Å². The summed E-state index contributed by atoms with van der Waals surface area (Å²) in [6, 6.07) is 13.7. The number of likely N-dealkylation sites (tertiary alicyclic amines) is 1. The Balaban J connectivity index is 1.51. The molecule has 1 aliphatic rings. The van der Waals surface area contributed by atoms with Crippen LogP contribution in [0.4, 0.5) is 4.39 Å². The number of hydrogen-bond acceptors (Lipinski definition) is 3. The number of rotatable bonds is 8. The van der Waals surface area contributed by atoms with Gasteiger partial charge in [0, 0.05) is 25.2 Å². The number of piperidine rings is 1. The van der Waals surface area contributed by atoms with Gasteiger partial charge in [0.2, 0.25) is 5.91 Å². The molecule has 5 nitrogen and oxygen atoms in total. The maximum atomic E-state index is 13.0. The first-order valence-electron chi connectivity index (χ1n) is 10.7. The van der Waals surface area contributed by atoms with E-state index in [-0.39, 0.29) is 24.2 Å². The molecule has 1 fully saturated rings. The number of benzene rings is 2. The van der Waals surface area contributed by atoms with Crippen LogP contribution in [0.3, 0.4) is 0 Å². The van der Waals surface area contributed by atoms with Gasteiger partial charge in [0.1, 0.15) is 5.82 Å². The average molecular weight is 412 g/mol. The van der Waals surface area contributed by atoms with Gasteiger partial charge in [-0.05, 0) is 68.2 Å². The minimum atomic E-state index is -0.310. The van der Waals surface area contributed by atoms with Gasteiger partial charge in [0.25, 0.3) is 5.91 Å². The lowest BCUT2D eigenvalue weighted by Crippen LogP contribution is -2.40. The van der Waals surface area contributed by atoms with Crippen LogP contribution in [-0.2, 0) is 17.9 Å². The smallest absolute Gasteiger partial charge is 0.254 e. The van der Waals surface area contributed by atoms with Crippen LogP contribution >= 0.6 is 0 Å². The zero-order valence-electron chi connectivity index (χ0n) is 17.6. The monoisotopic (exact) mass is 411 g/mol. The molecule has 2 aromatic rings. The summed E-state index contributed by atoms with van der Waals surface area (Å²) in [5.41, 5.74) is 2.60. The van der Waals surface area contributed by atoms with E-state index in [1.165, 1.54) is 41.9 Å². The Hall–Kier alpha value is -2.73. The number of likely N-dealkylation sites (N-methyl/N-ethyl adjacent to an activating group) is 1. The van der Waals surface area contributed by atoms with Crippen LogP contribution in [-0.4, -0.2) is 47.8 Å². The third kappa shape index (κ3) is 6.39. The molecule has 1 heterocycles. The fourth-order valence-electron chi connectivity index (χ4n) is 3.67. The Morgan fingerprint density at radius 2 is 1.60 bits per heavy atom. The normalized spacial score (nSPS) is 14.3. The molecule has 0 radical (unpaired) electrons. The molecule has 2 aromatic carbocycles. The first kappa shape index (κ1) is 22.0. The van der Waals surface area contributed by atoms with E-state index >= 15 is 0 Å². The van der Waals surface area contributed by atoms with Crippen molar-refractivity contribution in [1.82, 2.24) is 15.1 Å². The summed E-state index contributed by atoms with van der Waals surface area (Å²) in [6.45, 7) is 5.78. The molecule has 0 saturated carbocycles. The molecular weight excluding hydrogens is 381 g/mol. The zero-order valence-corrected chi connectivity index (χ0v) is 17.6. The molecule has 1 N–H and O–H groups in total. The summed E-state index contributed by atoms with van der Waals surface area (Å²) in [6.07, 6.45) is 3.82. The number of halogens is 1. The molecule has 0 spiro atoms. The third-order valence-corrected chi connectivity index (χ3v) is 5.46. The third-order valence-electron chi connectivity index (χ3n) is 5.46. The minimum Gasteiger partial charge on any atom is -0.350 e. The van der Waals surface area contributed by atoms with Crippen LogP contribution in [0.15, 0.2) is 48.5 Å². The number of nitrogens with zero attached hydrogens (tertiary/aromatic N) is 2. The molecule has 0 unspecified atom stereocenters. The van der Waals surface area contributed by atoms with E-state index in [1.807, 2.05) is 31.2 Å². The van der Waals surface area contributed by atoms with Crippen LogP contribution < -0.4 is 5.32 Å². The van der Waals surface area contributed by atoms with E-state index in [0.717, 1.165) is 25.2 Å². The Kier molecular flexibility index (Phi) is 7.97. The topological polar surface area (TPSA) is 52.7 Å². The van der Waals surface area contributed by atoms with Crippen molar-refractivity contribution in [3.05, 3.63) is 71.0 Å². The van der Waals surface area contributed by atoms with Crippen molar-refractivity contribution >= 4 is 11.8 Å². The Bertz CT molecular complexity index is 831. The van der Waals surface area contributed by atoms with Crippen molar-refractivity contribution in [1.29, 1.82) is 0 Å². The van der Waals surface area contributed by atoms with Gasteiger partial charge in [-0.3, -0.25) is 14.5 Å². The Morgan fingerprint density at radius 3 is 2.23 bits per heavy atom. The van der Waals surface area contributed by atoms with Crippen LogP contribution in [0.1, 0.15) is 47.7 Å². The lowest BCUT2D eigenvalue weighted by atomic mass is 10.1. The predicted molar refractivity (Wildman–Crippen MR) is 115 cm³/mol. The summed E-state index contributed by atoms with van der Waals surface area (Å²) in [5, 5.41) is 2.78. The van der Waals surface area contributed by atoms with Crippen molar-refractivity contribution in [2.24, 2.45) is 0 Å². The molecule has 1 aliphatic heterocycles. The van der Waals surface area contributed by atoms with Gasteiger partial charge < -0.3 is 10.2 Å². The quantitative estimate of drug-likeness (QED) is 0.722. The summed E-state index contributed by atoms with van der Waals surface area (Å²) < 4.78 is 13.0. The summed E-state index contributed by atoms with van der Waals surface area (Å²) in [5.74, 6) is -0.704. The molecular formula is C24H30FN3O2. The van der Waals surface area contributed by atoms with Gasteiger partial charge in [0.15, 0.2) is 0 Å². The van der Waals surface area contributed by atoms with Crippen LogP contribution in [0.25, 0.3) is 0 Å². The largest absolute Gasteiger partial charge is 0.350 e. The average Bonchev–Trinajstić information content (AvgIpc) is 2.78. The van der Waals surface area contributed by atoms with E-state index in [2.05, 4.69) is 10.2 Å². The van der Waals surface area contributed by atoms with Gasteiger partial charge in [0.05, 0.1) is 6.54 Å². The van der Waals surface area contributed by atoms with E-state index in [1.54, 1.807) is 12.1 Å². The second-order valence-corrected chi connectivity index (χ2v) is 7.76. The summed E-state index contributed by atoms with van der Waals surface area (Å²) >= 11 is 0. The maximum absolute atomic E-state index is 13.0. The molecule has 2 amide bonds. The van der Waals surface area contributed by atoms with Crippen LogP contribution in [0.5, 0.6) is 0 Å². The summed E-state index contributed by atoms with van der Waals surface area (Å²) in [4.78, 5) is 29.1. The molecule has 1 saturated heterocycles. The first-order chi connectivity index (χ1) is 14.5. The minimum absolute atomic E-state index is 0.00788. The maximum Gasteiger partial charge on any atom is 0.254 e. The molecule has 0 atom stereocenters. The van der Waals surface area contributed by atoms with Gasteiger partial charge in [-0.25, -0.2) is 4.39 Å². The van der Waals surface area contributed by atoms with Crippen LogP contribution in [0, 0.1) is 5.82 Å². The van der Waals surface area contributed by atoms with Crippen molar-refractivity contribution in [3.8, 4) is 0 Å². The number of carbonyl (C=O) groups excluding carboxylic acids is 2. The fraction of sp³-hybridized carbons (Fsp3) is 0.417. The van der Waals surface area contributed by atoms with Crippen molar-refractivity contribution in [3.63, 3.8) is 0 Å². The molecule has 3 rings (SSSR count). The molecule has 6 heteroatoms. The number of carbonyl (C=O) groups is 2. The van der Waals surface area contributed by atoms with Gasteiger partial charge >= 0.3 is 0 Å². The fourth-order valence-corrected chi connectivity index (χ4v) is 3.67. The lowest BCUT2D eigenvalue weighted by Gasteiger charge is -2.26. The SMILES string of the molecule is CCN(CC(=O)NCc1ccc(F)cc1)C(=O)c1ccc(CN2CCCCC2)cc1. The number of amides is 2. The van der Waals surface area contributed by atoms with Crippen molar-refractivity contribution in [2.75, 3.05) is 26.2 Å². The number of nitrogens with one attached hydrogen (secondary N) is 1. The predicted octanol–water partition coefficient (Wildman–Crippen LogP) is 3.59. The van der Waals surface area contributed by atoms with Crippen molar-refractivity contribution in [2.45, 2.75) is 39.3 Å². The van der Waals surface area contributed by atoms with Gasteiger partial charge in [-0.15, -0.1) is 0 Å². The first-order valence-corrected chi connectivity index (χ1v) is 10.7. The molecule has 30 heavy (non-hydrogen) atoms. The molecule has 0 bridgehead atoms. The van der Waals surface area contributed by atoms with Crippen molar-refractivity contribution < 1.29 is 14.0 Å². The highest BCUT2D eigenvalue weighted by atomic mass is 19.1. The van der Waals surface area contributed by atoms with E-state index in [0.29, 0.717) is 18.7 Å². The summed E-state index contributed by atoms with van der Waals surface area (Å²) in [7, 11) is 0. The Labute approximate surface area is 177 Å². The highest BCUT2D eigenvalue weighted by Crippen LogP contribution is 2.14. The highest BCUT2D eigenvalue weighted by molar-refractivity contribution is 5.96. The second-order valence-electron chi connectivity index (χ2n) is 7.76.